The lowest BCUT2D eigenvalue weighted by atomic mass is 9.99. The Morgan fingerprint density at radius 3 is 2.67 bits per heavy atom. The average molecular weight is 468 g/mol. The van der Waals surface area contributed by atoms with E-state index in [2.05, 4.69) is 10.3 Å². The summed E-state index contributed by atoms with van der Waals surface area (Å²) in [5.74, 6) is 0.186. The highest BCUT2D eigenvalue weighted by Crippen LogP contribution is 2.31. The van der Waals surface area contributed by atoms with Gasteiger partial charge in [0.15, 0.2) is 6.61 Å². The number of rotatable bonds is 8. The summed E-state index contributed by atoms with van der Waals surface area (Å²) in [7, 11) is 0. The Balaban J connectivity index is 1.40. The van der Waals surface area contributed by atoms with Gasteiger partial charge in [-0.2, -0.15) is 0 Å². The highest BCUT2D eigenvalue weighted by molar-refractivity contribution is 7.09. The van der Waals surface area contributed by atoms with Crippen LogP contribution < -0.4 is 10.1 Å². The van der Waals surface area contributed by atoms with Crippen molar-refractivity contribution < 1.29 is 24.2 Å². The molecule has 2 heterocycles. The largest absolute Gasteiger partial charge is 0.484 e. The Morgan fingerprint density at radius 2 is 2.00 bits per heavy atom. The predicted molar refractivity (Wildman–Crippen MR) is 124 cm³/mol. The van der Waals surface area contributed by atoms with Gasteiger partial charge in [-0.05, 0) is 36.8 Å². The number of benzene rings is 2. The van der Waals surface area contributed by atoms with E-state index in [1.165, 1.54) is 11.3 Å². The van der Waals surface area contributed by atoms with Crippen molar-refractivity contribution in [2.45, 2.75) is 25.6 Å². The number of carbonyl (C=O) groups excluding carboxylic acids is 2. The monoisotopic (exact) mass is 467 g/mol. The van der Waals surface area contributed by atoms with Crippen molar-refractivity contribution in [2.24, 2.45) is 0 Å². The number of carbonyl (C=O) groups is 2. The van der Waals surface area contributed by atoms with E-state index < -0.39 is 12.1 Å². The van der Waals surface area contributed by atoms with Gasteiger partial charge in [0.25, 0.3) is 5.91 Å². The van der Waals surface area contributed by atoms with Gasteiger partial charge >= 0.3 is 0 Å². The second kappa shape index (κ2) is 10.6. The summed E-state index contributed by atoms with van der Waals surface area (Å²) in [6, 6.07) is 15.8. The van der Waals surface area contributed by atoms with Gasteiger partial charge in [-0.25, -0.2) is 4.98 Å². The molecule has 33 heavy (non-hydrogen) atoms. The van der Waals surface area contributed by atoms with E-state index in [1.54, 1.807) is 34.7 Å². The number of hydrogen-bond acceptors (Lipinski definition) is 7. The molecule has 1 aliphatic rings. The van der Waals surface area contributed by atoms with Crippen molar-refractivity contribution >= 4 is 28.8 Å². The van der Waals surface area contributed by atoms with Gasteiger partial charge < -0.3 is 24.8 Å². The molecule has 2 N–H and O–H groups in total. The maximum atomic E-state index is 12.5. The number of nitrogens with one attached hydrogen (secondary N) is 1. The highest BCUT2D eigenvalue weighted by Gasteiger charge is 2.37. The standard InChI is InChI=1S/C24H25N3O5S/c1-16-21(33-15-25-16)11-27-20(12-28)24(32-14-23(27)30)17-7-9-18(10-8-17)26-22(29)13-31-19-5-3-2-4-6-19/h2-10,15,20,24,28H,11-14H2,1H3,(H,26,29). The highest BCUT2D eigenvalue weighted by atomic mass is 32.1. The number of hydrogen-bond donors (Lipinski definition) is 2. The number of thiazole rings is 1. The van der Waals surface area contributed by atoms with Crippen molar-refractivity contribution in [1.82, 2.24) is 9.88 Å². The SMILES string of the molecule is Cc1ncsc1CN1C(=O)COC(c2ccc(NC(=O)COc3ccccc3)cc2)C1CO. The van der Waals surface area contributed by atoms with E-state index in [4.69, 9.17) is 9.47 Å². The van der Waals surface area contributed by atoms with Crippen molar-refractivity contribution in [1.29, 1.82) is 0 Å². The first-order valence-corrected chi connectivity index (χ1v) is 11.4. The summed E-state index contributed by atoms with van der Waals surface area (Å²) in [5, 5.41) is 12.9. The Morgan fingerprint density at radius 1 is 1.24 bits per heavy atom. The summed E-state index contributed by atoms with van der Waals surface area (Å²) in [4.78, 5) is 31.6. The van der Waals surface area contributed by atoms with Gasteiger partial charge in [-0.1, -0.05) is 30.3 Å². The van der Waals surface area contributed by atoms with Gasteiger partial charge in [0, 0.05) is 10.6 Å². The van der Waals surface area contributed by atoms with Crippen LogP contribution in [-0.4, -0.2) is 52.7 Å². The molecule has 0 spiro atoms. The molecular formula is C24H25N3O5S. The number of ether oxygens (including phenoxy) is 2. The molecule has 0 saturated carbocycles. The Hall–Kier alpha value is -3.27. The third kappa shape index (κ3) is 5.57. The minimum absolute atomic E-state index is 0.0612. The second-order valence-electron chi connectivity index (χ2n) is 7.64. The normalized spacial score (nSPS) is 18.2. The van der Waals surface area contributed by atoms with Crippen LogP contribution >= 0.6 is 11.3 Å². The third-order valence-electron chi connectivity index (χ3n) is 5.44. The Bertz CT molecular complexity index is 1090. The number of morpholine rings is 1. The van der Waals surface area contributed by atoms with Gasteiger partial charge in [-0.3, -0.25) is 9.59 Å². The smallest absolute Gasteiger partial charge is 0.262 e. The lowest BCUT2D eigenvalue weighted by molar-refractivity contribution is -0.161. The fourth-order valence-electron chi connectivity index (χ4n) is 3.67. The lowest BCUT2D eigenvalue weighted by Crippen LogP contribution is -2.52. The summed E-state index contributed by atoms with van der Waals surface area (Å²) >= 11 is 1.49. The number of anilines is 1. The maximum absolute atomic E-state index is 12.5. The average Bonchev–Trinajstić information content (AvgIpc) is 3.24. The first-order valence-electron chi connectivity index (χ1n) is 10.5. The van der Waals surface area contributed by atoms with E-state index in [-0.39, 0.29) is 31.6 Å². The fraction of sp³-hybridized carbons (Fsp3) is 0.292. The molecule has 1 fully saturated rings. The molecule has 2 aromatic carbocycles. The van der Waals surface area contributed by atoms with Gasteiger partial charge in [-0.15, -0.1) is 11.3 Å². The maximum Gasteiger partial charge on any atom is 0.262 e. The number of aromatic nitrogens is 1. The first kappa shape index (κ1) is 22.9. The molecule has 9 heteroatoms. The van der Waals surface area contributed by atoms with Crippen molar-refractivity contribution in [2.75, 3.05) is 25.1 Å². The van der Waals surface area contributed by atoms with Crippen LogP contribution in [0.3, 0.4) is 0 Å². The van der Waals surface area contributed by atoms with Gasteiger partial charge in [0.1, 0.15) is 18.5 Å². The summed E-state index contributed by atoms with van der Waals surface area (Å²) in [6.07, 6.45) is -0.480. The lowest BCUT2D eigenvalue weighted by Gasteiger charge is -2.40. The Kier molecular flexibility index (Phi) is 7.33. The number of aliphatic hydroxyl groups is 1. The molecule has 2 unspecified atom stereocenters. The van der Waals surface area contributed by atoms with Crippen LogP contribution in [0, 0.1) is 6.92 Å². The van der Waals surface area contributed by atoms with Crippen LogP contribution in [0.5, 0.6) is 5.75 Å². The van der Waals surface area contributed by atoms with Crippen molar-refractivity contribution in [3.8, 4) is 5.75 Å². The van der Waals surface area contributed by atoms with Crippen LogP contribution in [0.1, 0.15) is 22.2 Å². The summed E-state index contributed by atoms with van der Waals surface area (Å²) in [5.41, 5.74) is 4.05. The third-order valence-corrected chi connectivity index (χ3v) is 6.36. The minimum Gasteiger partial charge on any atom is -0.484 e. The summed E-state index contributed by atoms with van der Waals surface area (Å²) in [6.45, 7) is 1.89. The first-order chi connectivity index (χ1) is 16.0. The van der Waals surface area contributed by atoms with Crippen molar-refractivity contribution in [3.63, 3.8) is 0 Å². The molecule has 1 aliphatic heterocycles. The molecular weight excluding hydrogens is 442 g/mol. The van der Waals surface area contributed by atoms with Crippen molar-refractivity contribution in [3.05, 3.63) is 76.2 Å². The summed E-state index contributed by atoms with van der Waals surface area (Å²) < 4.78 is 11.3. The molecule has 1 saturated heterocycles. The van der Waals surface area contributed by atoms with Crippen LogP contribution in [-0.2, 0) is 20.9 Å². The van der Waals surface area contributed by atoms with E-state index in [0.717, 1.165) is 16.1 Å². The number of amides is 2. The zero-order valence-corrected chi connectivity index (χ0v) is 19.0. The minimum atomic E-state index is -0.521. The van der Waals surface area contributed by atoms with E-state index >= 15 is 0 Å². The number of aryl methyl sites for hydroxylation is 1. The molecule has 0 radical (unpaired) electrons. The second-order valence-corrected chi connectivity index (χ2v) is 8.58. The van der Waals surface area contributed by atoms with Crippen LogP contribution in [0.4, 0.5) is 5.69 Å². The topological polar surface area (TPSA) is 101 Å². The Labute approximate surface area is 195 Å². The number of aliphatic hydroxyl groups excluding tert-OH is 1. The van der Waals surface area contributed by atoms with Gasteiger partial charge in [0.05, 0.1) is 30.4 Å². The molecule has 2 atom stereocenters. The fourth-order valence-corrected chi connectivity index (χ4v) is 4.45. The van der Waals surface area contributed by atoms with E-state index in [0.29, 0.717) is 18.0 Å². The molecule has 2 amide bonds. The molecule has 1 aromatic heterocycles. The quantitative estimate of drug-likeness (QED) is 0.528. The number of nitrogens with zero attached hydrogens (tertiary/aromatic N) is 2. The van der Waals surface area contributed by atoms with E-state index in [1.807, 2.05) is 37.3 Å². The van der Waals surface area contributed by atoms with Crippen LogP contribution in [0.2, 0.25) is 0 Å². The van der Waals surface area contributed by atoms with Crippen LogP contribution in [0.15, 0.2) is 60.1 Å². The van der Waals surface area contributed by atoms with Crippen LogP contribution in [0.25, 0.3) is 0 Å². The zero-order valence-electron chi connectivity index (χ0n) is 18.1. The predicted octanol–water partition coefficient (Wildman–Crippen LogP) is 2.93. The van der Waals surface area contributed by atoms with E-state index in [9.17, 15) is 14.7 Å². The molecule has 4 rings (SSSR count). The molecule has 0 aliphatic carbocycles. The molecule has 0 bridgehead atoms. The molecule has 3 aromatic rings. The molecule has 172 valence electrons. The zero-order chi connectivity index (χ0) is 23.2. The van der Waals surface area contributed by atoms with Gasteiger partial charge in [0.2, 0.25) is 5.91 Å². The number of para-hydroxylation sites is 1. The molecule has 8 nitrogen and oxygen atoms in total.